The van der Waals surface area contributed by atoms with E-state index in [0.29, 0.717) is 19.0 Å². The molecule has 0 atom stereocenters. The maximum absolute atomic E-state index is 5.52. The van der Waals surface area contributed by atoms with Gasteiger partial charge in [-0.05, 0) is 38.1 Å². The molecule has 0 unspecified atom stereocenters. The number of para-hydroxylation sites is 2. The van der Waals surface area contributed by atoms with E-state index >= 15 is 0 Å². The highest BCUT2D eigenvalue weighted by atomic mass is 32.2. The van der Waals surface area contributed by atoms with E-state index in [0.717, 1.165) is 52.3 Å². The van der Waals surface area contributed by atoms with Crippen LogP contribution in [-0.4, -0.2) is 51.0 Å². The highest BCUT2D eigenvalue weighted by molar-refractivity contribution is 7.98. The third kappa shape index (κ3) is 4.13. The molecule has 1 aliphatic rings. The number of aryl methyl sites for hydroxylation is 2. The number of aromatic nitrogens is 5. The van der Waals surface area contributed by atoms with Gasteiger partial charge in [0.05, 0.1) is 41.3 Å². The molecule has 1 aliphatic heterocycles. The molecule has 158 valence electrons. The Bertz CT molecular complexity index is 1200. The lowest BCUT2D eigenvalue weighted by atomic mass is 10.2. The van der Waals surface area contributed by atoms with Gasteiger partial charge in [-0.1, -0.05) is 41.6 Å². The first kappa shape index (κ1) is 20.0. The molecule has 3 heterocycles. The summed E-state index contributed by atoms with van der Waals surface area (Å²) in [5.74, 6) is 1.53. The van der Waals surface area contributed by atoms with Crippen molar-refractivity contribution < 1.29 is 4.74 Å². The van der Waals surface area contributed by atoms with Crippen molar-refractivity contribution >= 4 is 28.7 Å². The summed E-state index contributed by atoms with van der Waals surface area (Å²) in [5.41, 5.74) is 6.03. The minimum Gasteiger partial charge on any atom is -0.378 e. The van der Waals surface area contributed by atoms with E-state index in [1.54, 1.807) is 11.8 Å². The summed E-state index contributed by atoms with van der Waals surface area (Å²) in [4.78, 5) is 11.8. The van der Waals surface area contributed by atoms with Gasteiger partial charge in [-0.2, -0.15) is 0 Å². The highest BCUT2D eigenvalue weighted by Crippen LogP contribution is 2.30. The predicted octanol–water partition coefficient (Wildman–Crippen LogP) is 3.96. The van der Waals surface area contributed by atoms with E-state index in [4.69, 9.17) is 14.7 Å². The Morgan fingerprint density at radius 1 is 0.903 bits per heavy atom. The van der Waals surface area contributed by atoms with Crippen LogP contribution in [0.4, 0.5) is 5.95 Å². The largest absolute Gasteiger partial charge is 0.378 e. The zero-order valence-electron chi connectivity index (χ0n) is 17.7. The van der Waals surface area contributed by atoms with E-state index in [1.165, 1.54) is 5.56 Å². The van der Waals surface area contributed by atoms with Crippen LogP contribution < -0.4 is 4.90 Å². The normalized spacial score (nSPS) is 14.3. The maximum Gasteiger partial charge on any atom is 0.232 e. The topological polar surface area (TPSA) is 69.0 Å². The molecule has 1 saturated heterocycles. The van der Waals surface area contributed by atoms with Gasteiger partial charge in [0.15, 0.2) is 5.16 Å². The van der Waals surface area contributed by atoms with Crippen LogP contribution in [0.2, 0.25) is 0 Å². The van der Waals surface area contributed by atoms with Crippen molar-refractivity contribution in [3.8, 4) is 5.69 Å². The van der Waals surface area contributed by atoms with Crippen LogP contribution in [0.25, 0.3) is 16.7 Å². The molecule has 1 fully saturated rings. The van der Waals surface area contributed by atoms with Crippen LogP contribution in [0.1, 0.15) is 17.0 Å². The van der Waals surface area contributed by atoms with Crippen molar-refractivity contribution in [3.05, 3.63) is 65.5 Å². The summed E-state index contributed by atoms with van der Waals surface area (Å²) < 4.78 is 7.66. The summed E-state index contributed by atoms with van der Waals surface area (Å²) in [5, 5.41) is 9.94. The fourth-order valence-electron chi connectivity index (χ4n) is 3.64. The van der Waals surface area contributed by atoms with Gasteiger partial charge in [0.25, 0.3) is 0 Å². The second kappa shape index (κ2) is 8.64. The van der Waals surface area contributed by atoms with E-state index in [2.05, 4.69) is 50.9 Å². The Morgan fingerprint density at radius 3 is 2.35 bits per heavy atom. The van der Waals surface area contributed by atoms with Crippen LogP contribution in [0.3, 0.4) is 0 Å². The monoisotopic (exact) mass is 432 g/mol. The second-order valence-corrected chi connectivity index (χ2v) is 8.53. The van der Waals surface area contributed by atoms with Crippen molar-refractivity contribution in [2.24, 2.45) is 0 Å². The minimum atomic E-state index is 0.677. The van der Waals surface area contributed by atoms with Crippen LogP contribution in [0.15, 0.2) is 53.7 Å². The summed E-state index contributed by atoms with van der Waals surface area (Å²) in [7, 11) is 0. The van der Waals surface area contributed by atoms with Gasteiger partial charge >= 0.3 is 0 Å². The van der Waals surface area contributed by atoms with Crippen molar-refractivity contribution in [1.82, 2.24) is 24.7 Å². The number of rotatable bonds is 5. The van der Waals surface area contributed by atoms with Gasteiger partial charge in [-0.3, -0.25) is 4.57 Å². The standard InChI is InChI=1S/C23H24N6OS/c1-16-7-9-18(10-8-16)29-22(28-11-13-30-14-12-28)26-27-23(29)31-15-21-17(2)24-19-5-3-4-6-20(19)25-21/h3-10H,11-15H2,1-2H3. The number of morpholine rings is 1. The molecule has 5 rings (SSSR count). The molecular weight excluding hydrogens is 408 g/mol. The van der Waals surface area contributed by atoms with Crippen LogP contribution in [0, 0.1) is 13.8 Å². The number of anilines is 1. The highest BCUT2D eigenvalue weighted by Gasteiger charge is 2.22. The molecular formula is C23H24N6OS. The Morgan fingerprint density at radius 2 is 1.61 bits per heavy atom. The zero-order valence-corrected chi connectivity index (χ0v) is 18.5. The van der Waals surface area contributed by atoms with Gasteiger partial charge in [0.1, 0.15) is 0 Å². The summed E-state index contributed by atoms with van der Waals surface area (Å²) in [6.45, 7) is 7.13. The molecule has 0 N–H and O–H groups in total. The van der Waals surface area contributed by atoms with E-state index < -0.39 is 0 Å². The lowest BCUT2D eigenvalue weighted by Gasteiger charge is -2.28. The van der Waals surface area contributed by atoms with Crippen molar-refractivity contribution in [2.45, 2.75) is 24.8 Å². The molecule has 0 radical (unpaired) electrons. The maximum atomic E-state index is 5.52. The molecule has 7 nitrogen and oxygen atoms in total. The average molecular weight is 433 g/mol. The molecule has 4 aromatic rings. The minimum absolute atomic E-state index is 0.677. The molecule has 0 amide bonds. The number of hydrogen-bond acceptors (Lipinski definition) is 7. The summed E-state index contributed by atoms with van der Waals surface area (Å²) >= 11 is 1.64. The molecule has 2 aromatic carbocycles. The zero-order chi connectivity index (χ0) is 21.2. The quantitative estimate of drug-likeness (QED) is 0.442. The van der Waals surface area contributed by atoms with Crippen molar-refractivity contribution in [1.29, 1.82) is 0 Å². The Hall–Kier alpha value is -2.97. The SMILES string of the molecule is Cc1ccc(-n2c(SCc3nc4ccccc4nc3C)nnc2N2CCOCC2)cc1. The predicted molar refractivity (Wildman–Crippen MR) is 123 cm³/mol. The van der Waals surface area contributed by atoms with E-state index in [1.807, 2.05) is 31.2 Å². The van der Waals surface area contributed by atoms with E-state index in [9.17, 15) is 0 Å². The fraction of sp³-hybridized carbons (Fsp3) is 0.304. The average Bonchev–Trinajstić information content (AvgIpc) is 3.23. The number of thioether (sulfide) groups is 1. The number of hydrogen-bond donors (Lipinski definition) is 0. The van der Waals surface area contributed by atoms with Gasteiger partial charge in [-0.15, -0.1) is 10.2 Å². The number of nitrogens with zero attached hydrogens (tertiary/aromatic N) is 6. The third-order valence-corrected chi connectivity index (χ3v) is 6.32. The third-order valence-electron chi connectivity index (χ3n) is 5.38. The van der Waals surface area contributed by atoms with Gasteiger partial charge in [0.2, 0.25) is 5.95 Å². The first-order valence-electron chi connectivity index (χ1n) is 10.4. The first-order chi connectivity index (χ1) is 15.2. The van der Waals surface area contributed by atoms with Gasteiger partial charge < -0.3 is 9.64 Å². The fourth-order valence-corrected chi connectivity index (χ4v) is 4.59. The molecule has 0 spiro atoms. The van der Waals surface area contributed by atoms with E-state index in [-0.39, 0.29) is 0 Å². The molecule has 0 aliphatic carbocycles. The number of fused-ring (bicyclic) bond motifs is 1. The van der Waals surface area contributed by atoms with Crippen LogP contribution in [0.5, 0.6) is 0 Å². The molecule has 8 heteroatoms. The van der Waals surface area contributed by atoms with Gasteiger partial charge in [-0.25, -0.2) is 9.97 Å². The second-order valence-electron chi connectivity index (χ2n) is 7.59. The van der Waals surface area contributed by atoms with Crippen molar-refractivity contribution in [2.75, 3.05) is 31.2 Å². The lowest BCUT2D eigenvalue weighted by Crippen LogP contribution is -2.37. The number of ether oxygens (including phenoxy) is 1. The molecule has 0 bridgehead atoms. The van der Waals surface area contributed by atoms with Crippen molar-refractivity contribution in [3.63, 3.8) is 0 Å². The smallest absolute Gasteiger partial charge is 0.232 e. The Balaban J connectivity index is 1.48. The first-order valence-corrected chi connectivity index (χ1v) is 11.4. The Labute approximate surface area is 185 Å². The van der Waals surface area contributed by atoms with Gasteiger partial charge in [0, 0.05) is 18.8 Å². The van der Waals surface area contributed by atoms with Crippen LogP contribution >= 0.6 is 11.8 Å². The molecule has 0 saturated carbocycles. The number of benzene rings is 2. The molecule has 2 aromatic heterocycles. The molecule has 31 heavy (non-hydrogen) atoms. The summed E-state index contributed by atoms with van der Waals surface area (Å²) in [6.07, 6.45) is 0. The Kier molecular flexibility index (Phi) is 5.57. The summed E-state index contributed by atoms with van der Waals surface area (Å²) in [6, 6.07) is 16.4. The lowest BCUT2D eigenvalue weighted by molar-refractivity contribution is 0.122. The van der Waals surface area contributed by atoms with Crippen LogP contribution in [-0.2, 0) is 10.5 Å².